The number of aromatic nitrogens is 2. The van der Waals surface area contributed by atoms with Gasteiger partial charge in [-0.05, 0) is 98.7 Å². The van der Waals surface area contributed by atoms with Crippen molar-refractivity contribution in [2.24, 2.45) is 0 Å². The Balaban J connectivity index is 1.45. The lowest BCUT2D eigenvalue weighted by Gasteiger charge is -2.31. The Morgan fingerprint density at radius 2 is 1.69 bits per heavy atom. The third-order valence-corrected chi connectivity index (χ3v) is 8.35. The lowest BCUT2D eigenvalue weighted by molar-refractivity contribution is 0.122. The van der Waals surface area contributed by atoms with Gasteiger partial charge in [0.2, 0.25) is 0 Å². The first-order valence-corrected chi connectivity index (χ1v) is 14.1. The summed E-state index contributed by atoms with van der Waals surface area (Å²) in [6.07, 6.45) is 1.84. The summed E-state index contributed by atoms with van der Waals surface area (Å²) in [7, 11) is 0. The smallest absolute Gasteiger partial charge is 0.174 e. The highest BCUT2D eigenvalue weighted by atomic mass is 35.5. The minimum Gasteiger partial charge on any atom is -0.378 e. The van der Waals surface area contributed by atoms with Crippen LogP contribution in [0.1, 0.15) is 40.3 Å². The molecular weight excluding hydrogens is 526 g/mol. The summed E-state index contributed by atoms with van der Waals surface area (Å²) in [4.78, 5) is 9.33. The first-order chi connectivity index (χ1) is 18.9. The Bertz CT molecular complexity index is 1500. The van der Waals surface area contributed by atoms with Crippen LogP contribution in [-0.4, -0.2) is 41.0 Å². The summed E-state index contributed by atoms with van der Waals surface area (Å²) in [5.41, 5.74) is 8.98. The fourth-order valence-electron chi connectivity index (χ4n) is 5.88. The molecular formula is C31H32ClN5OS. The van der Waals surface area contributed by atoms with E-state index in [2.05, 4.69) is 82.9 Å². The number of nitrogens with zero attached hydrogens (tertiary/aromatic N) is 4. The van der Waals surface area contributed by atoms with Gasteiger partial charge in [0.15, 0.2) is 5.11 Å². The molecule has 0 aliphatic carbocycles. The summed E-state index contributed by atoms with van der Waals surface area (Å²) in [6.45, 7) is 9.78. The molecule has 0 radical (unpaired) electrons. The summed E-state index contributed by atoms with van der Waals surface area (Å²) in [6, 6.07) is 22.9. The van der Waals surface area contributed by atoms with Crippen LogP contribution in [0.5, 0.6) is 0 Å². The first kappa shape index (κ1) is 25.9. The second kappa shape index (κ2) is 10.6. The van der Waals surface area contributed by atoms with E-state index in [1.807, 2.05) is 30.5 Å². The molecule has 0 unspecified atom stereocenters. The van der Waals surface area contributed by atoms with Gasteiger partial charge in [-0.1, -0.05) is 23.7 Å². The van der Waals surface area contributed by atoms with Crippen molar-refractivity contribution in [3.8, 4) is 5.69 Å². The van der Waals surface area contributed by atoms with Crippen LogP contribution < -0.4 is 15.1 Å². The van der Waals surface area contributed by atoms with Gasteiger partial charge in [-0.2, -0.15) is 0 Å². The molecule has 2 atom stereocenters. The number of hydrogen-bond acceptors (Lipinski definition) is 4. The van der Waals surface area contributed by atoms with E-state index in [1.165, 1.54) is 16.8 Å². The number of ether oxygens (including phenoxy) is 1. The number of pyridine rings is 1. The van der Waals surface area contributed by atoms with Gasteiger partial charge in [-0.3, -0.25) is 4.98 Å². The normalized spacial score (nSPS) is 19.4. The predicted molar refractivity (Wildman–Crippen MR) is 162 cm³/mol. The standard InChI is InChI=1S/C31H32ClN5OS/c1-20-7-8-23(32)19-28(20)36-21(2)18-26(22(36)3)30-29(27-6-4-5-13-33-27)34-31(39)37(30)25-11-9-24(10-12-25)35-14-16-38-17-15-35/h4-13,18-19,29-30H,14-17H2,1-3H3,(H,34,39)/t29-,30-/m0/s1. The van der Waals surface area contributed by atoms with E-state index in [0.717, 1.165) is 59.8 Å². The Morgan fingerprint density at radius 3 is 2.41 bits per heavy atom. The largest absolute Gasteiger partial charge is 0.378 e. The quantitative estimate of drug-likeness (QED) is 0.284. The Labute approximate surface area is 240 Å². The van der Waals surface area contributed by atoms with E-state index in [4.69, 9.17) is 33.5 Å². The molecule has 2 saturated heterocycles. The molecule has 4 aromatic rings. The molecule has 6 nitrogen and oxygen atoms in total. The molecule has 0 bridgehead atoms. The number of halogens is 1. The zero-order valence-electron chi connectivity index (χ0n) is 22.4. The van der Waals surface area contributed by atoms with Crippen LogP contribution in [0.4, 0.5) is 11.4 Å². The summed E-state index contributed by atoms with van der Waals surface area (Å²) >= 11 is 12.4. The van der Waals surface area contributed by atoms with Gasteiger partial charge in [0, 0.05) is 52.8 Å². The maximum atomic E-state index is 6.43. The van der Waals surface area contributed by atoms with Gasteiger partial charge in [0.05, 0.1) is 31.0 Å². The number of hydrogen-bond donors (Lipinski definition) is 1. The number of rotatable bonds is 5. The van der Waals surface area contributed by atoms with E-state index in [1.54, 1.807) is 0 Å². The number of nitrogens with one attached hydrogen (secondary N) is 1. The SMILES string of the molecule is Cc1ccc(Cl)cc1-n1c(C)cc([C@H]2[C@H](c3ccccn3)NC(=S)N2c2ccc(N3CCOCC3)cc2)c1C. The van der Waals surface area contributed by atoms with E-state index in [-0.39, 0.29) is 12.1 Å². The highest BCUT2D eigenvalue weighted by Crippen LogP contribution is 2.44. The van der Waals surface area contributed by atoms with Crippen LogP contribution in [0.15, 0.2) is 72.9 Å². The maximum Gasteiger partial charge on any atom is 0.174 e. The van der Waals surface area contributed by atoms with Crippen molar-refractivity contribution in [3.05, 3.63) is 106 Å². The average Bonchev–Trinajstić information content (AvgIpc) is 3.45. The Hall–Kier alpha value is -3.39. The summed E-state index contributed by atoms with van der Waals surface area (Å²) in [5.74, 6) is 0. The number of anilines is 2. The van der Waals surface area contributed by atoms with Gasteiger partial charge in [0.25, 0.3) is 0 Å². The minimum atomic E-state index is -0.105. The molecule has 6 rings (SSSR count). The molecule has 1 N–H and O–H groups in total. The highest BCUT2D eigenvalue weighted by Gasteiger charge is 2.42. The van der Waals surface area contributed by atoms with Crippen molar-refractivity contribution in [2.45, 2.75) is 32.9 Å². The monoisotopic (exact) mass is 557 g/mol. The van der Waals surface area contributed by atoms with Crippen molar-refractivity contribution < 1.29 is 4.74 Å². The topological polar surface area (TPSA) is 45.6 Å². The van der Waals surface area contributed by atoms with Crippen molar-refractivity contribution in [1.29, 1.82) is 0 Å². The second-order valence-corrected chi connectivity index (χ2v) is 11.0. The van der Waals surface area contributed by atoms with E-state index < -0.39 is 0 Å². The number of thiocarbonyl (C=S) groups is 1. The summed E-state index contributed by atoms with van der Waals surface area (Å²) in [5, 5.41) is 5.02. The third-order valence-electron chi connectivity index (χ3n) is 7.80. The fraction of sp³-hybridized carbons (Fsp3) is 0.290. The first-order valence-electron chi connectivity index (χ1n) is 13.3. The Morgan fingerprint density at radius 1 is 0.949 bits per heavy atom. The molecule has 39 heavy (non-hydrogen) atoms. The second-order valence-electron chi connectivity index (χ2n) is 10.2. The molecule has 0 amide bonds. The van der Waals surface area contributed by atoms with Gasteiger partial charge >= 0.3 is 0 Å². The number of morpholine rings is 1. The fourth-order valence-corrected chi connectivity index (χ4v) is 6.39. The van der Waals surface area contributed by atoms with Gasteiger partial charge < -0.3 is 24.4 Å². The average molecular weight is 558 g/mol. The molecule has 0 saturated carbocycles. The van der Waals surface area contributed by atoms with Crippen molar-refractivity contribution in [1.82, 2.24) is 14.9 Å². The van der Waals surface area contributed by atoms with Crippen molar-refractivity contribution in [3.63, 3.8) is 0 Å². The van der Waals surface area contributed by atoms with Crippen LogP contribution in [0.2, 0.25) is 5.02 Å². The lowest BCUT2D eigenvalue weighted by atomic mass is 9.96. The number of benzene rings is 2. The molecule has 2 aromatic heterocycles. The van der Waals surface area contributed by atoms with Crippen LogP contribution in [0.3, 0.4) is 0 Å². The molecule has 2 fully saturated rings. The van der Waals surface area contributed by atoms with Crippen LogP contribution in [-0.2, 0) is 4.74 Å². The lowest BCUT2D eigenvalue weighted by Crippen LogP contribution is -2.36. The van der Waals surface area contributed by atoms with Crippen molar-refractivity contribution in [2.75, 3.05) is 36.1 Å². The van der Waals surface area contributed by atoms with E-state index in [0.29, 0.717) is 5.11 Å². The molecule has 2 aliphatic rings. The van der Waals surface area contributed by atoms with Crippen LogP contribution in [0, 0.1) is 20.8 Å². The zero-order valence-corrected chi connectivity index (χ0v) is 24.0. The van der Waals surface area contributed by atoms with Crippen LogP contribution in [0.25, 0.3) is 5.69 Å². The number of aryl methyl sites for hydroxylation is 2. The van der Waals surface area contributed by atoms with Gasteiger partial charge in [-0.25, -0.2) is 0 Å². The van der Waals surface area contributed by atoms with Crippen molar-refractivity contribution >= 4 is 40.3 Å². The summed E-state index contributed by atoms with van der Waals surface area (Å²) < 4.78 is 7.83. The zero-order chi connectivity index (χ0) is 27.1. The van der Waals surface area contributed by atoms with Gasteiger partial charge in [-0.15, -0.1) is 0 Å². The third kappa shape index (κ3) is 4.80. The minimum absolute atomic E-state index is 0.0823. The predicted octanol–water partition coefficient (Wildman–Crippen LogP) is 6.46. The van der Waals surface area contributed by atoms with Crippen LogP contribution >= 0.6 is 23.8 Å². The Kier molecular flexibility index (Phi) is 7.06. The molecule has 0 spiro atoms. The van der Waals surface area contributed by atoms with Gasteiger partial charge in [0.1, 0.15) is 0 Å². The molecule has 200 valence electrons. The van der Waals surface area contributed by atoms with E-state index >= 15 is 0 Å². The molecule has 4 heterocycles. The highest BCUT2D eigenvalue weighted by molar-refractivity contribution is 7.80. The molecule has 2 aliphatic heterocycles. The molecule has 8 heteroatoms. The van der Waals surface area contributed by atoms with E-state index in [9.17, 15) is 0 Å². The maximum absolute atomic E-state index is 6.43. The molecule has 2 aromatic carbocycles.